The van der Waals surface area contributed by atoms with E-state index < -0.39 is 7.82 Å². The van der Waals surface area contributed by atoms with Crippen molar-refractivity contribution in [3.8, 4) is 0 Å². The van der Waals surface area contributed by atoms with E-state index in [1.807, 2.05) is 0 Å². The van der Waals surface area contributed by atoms with Crippen LogP contribution in [-0.2, 0) is 18.2 Å². The van der Waals surface area contributed by atoms with Crippen LogP contribution in [0.4, 0.5) is 0 Å². The summed E-state index contributed by atoms with van der Waals surface area (Å²) in [6, 6.07) is 0. The third-order valence-electron chi connectivity index (χ3n) is 5.80. The molecule has 0 saturated carbocycles. The summed E-state index contributed by atoms with van der Waals surface area (Å²) in [5.74, 6) is 0. The van der Waals surface area contributed by atoms with E-state index in [1.54, 1.807) is 0 Å². The van der Waals surface area contributed by atoms with Crippen LogP contribution in [-0.4, -0.2) is 19.8 Å². The molecule has 0 spiro atoms. The van der Waals surface area contributed by atoms with Gasteiger partial charge in [-0.05, 0) is 19.3 Å². The predicted octanol–water partition coefficient (Wildman–Crippen LogP) is 9.51. The Bertz CT molecular complexity index is 409. The van der Waals surface area contributed by atoms with Gasteiger partial charge in [-0.15, -0.1) is 0 Å². The van der Waals surface area contributed by atoms with Gasteiger partial charge in [-0.25, -0.2) is 4.57 Å². The first-order valence-electron chi connectivity index (χ1n) is 14.0. The van der Waals surface area contributed by atoms with Gasteiger partial charge in [0.25, 0.3) is 0 Å². The Hall–Kier alpha value is 0.0700. The van der Waals surface area contributed by atoms with Crippen molar-refractivity contribution in [2.24, 2.45) is 0 Å². The highest BCUT2D eigenvalue weighted by Crippen LogP contribution is 2.48. The van der Waals surface area contributed by atoms with Crippen molar-refractivity contribution in [3.63, 3.8) is 0 Å². The summed E-state index contributed by atoms with van der Waals surface area (Å²) < 4.78 is 29.0. The van der Waals surface area contributed by atoms with E-state index in [9.17, 15) is 4.57 Å². The zero-order valence-electron chi connectivity index (χ0n) is 21.8. The summed E-state index contributed by atoms with van der Waals surface area (Å²) in [6.07, 6.45) is 24.9. The van der Waals surface area contributed by atoms with Gasteiger partial charge in [-0.3, -0.25) is 9.05 Å². The number of phosphoric acid groups is 1. The lowest BCUT2D eigenvalue weighted by Crippen LogP contribution is -2.17. The molecule has 0 aliphatic rings. The lowest BCUT2D eigenvalue weighted by atomic mass is 10.0. The molecule has 194 valence electrons. The number of nitrogens with one attached hydrogen (secondary N) is 1. The molecule has 5 nitrogen and oxygen atoms in total. The number of hydroxylamine groups is 1. The molecule has 1 unspecified atom stereocenters. The van der Waals surface area contributed by atoms with Crippen LogP contribution >= 0.6 is 7.82 Å². The Morgan fingerprint density at radius 1 is 0.500 bits per heavy atom. The normalized spacial score (nSPS) is 13.5. The lowest BCUT2D eigenvalue weighted by molar-refractivity contribution is 0.0691. The molecule has 0 amide bonds. The van der Waals surface area contributed by atoms with Crippen LogP contribution in [0.3, 0.4) is 0 Å². The Morgan fingerprint density at radius 2 is 0.875 bits per heavy atom. The largest absolute Gasteiger partial charge is 0.491 e. The van der Waals surface area contributed by atoms with Gasteiger partial charge in [0, 0.05) is 6.54 Å². The van der Waals surface area contributed by atoms with Gasteiger partial charge in [0.05, 0.1) is 13.2 Å². The second kappa shape index (κ2) is 25.7. The molecular formula is C26H56NO4P. The molecule has 1 atom stereocenters. The van der Waals surface area contributed by atoms with Gasteiger partial charge in [-0.1, -0.05) is 130 Å². The van der Waals surface area contributed by atoms with Crippen LogP contribution in [0.15, 0.2) is 0 Å². The van der Waals surface area contributed by atoms with Crippen molar-refractivity contribution >= 4 is 7.82 Å². The maximum absolute atomic E-state index is 12.7. The second-order valence-corrected chi connectivity index (χ2v) is 10.7. The molecule has 1 N–H and O–H groups in total. The number of rotatable bonds is 27. The highest BCUT2D eigenvalue weighted by molar-refractivity contribution is 7.48. The molecule has 0 saturated heterocycles. The first-order chi connectivity index (χ1) is 15.7. The minimum Gasteiger partial charge on any atom is -0.286 e. The molecular weight excluding hydrogens is 421 g/mol. The standard InChI is InChI=1S/C26H56NO4P/c1-4-7-10-12-13-14-15-16-17-18-19-20-21-22-24-27-31-32(28,29-25-9-6-3)30-26-23-11-8-5-2/h27H,4-26H2,1-3H3. The summed E-state index contributed by atoms with van der Waals surface area (Å²) in [7, 11) is -3.50. The van der Waals surface area contributed by atoms with E-state index in [2.05, 4.69) is 26.3 Å². The summed E-state index contributed by atoms with van der Waals surface area (Å²) in [5.41, 5.74) is 2.84. The van der Waals surface area contributed by atoms with E-state index in [4.69, 9.17) is 13.7 Å². The number of unbranched alkanes of at least 4 members (excludes halogenated alkanes) is 17. The third-order valence-corrected chi connectivity index (χ3v) is 7.15. The van der Waals surface area contributed by atoms with Crippen molar-refractivity contribution in [2.45, 2.75) is 149 Å². The van der Waals surface area contributed by atoms with E-state index in [0.717, 1.165) is 32.1 Å². The third kappa shape index (κ3) is 23.2. The van der Waals surface area contributed by atoms with Gasteiger partial charge < -0.3 is 0 Å². The first kappa shape index (κ1) is 32.1. The van der Waals surface area contributed by atoms with Crippen LogP contribution in [0, 0.1) is 0 Å². The smallest absolute Gasteiger partial charge is 0.286 e. The van der Waals surface area contributed by atoms with Gasteiger partial charge in [0.1, 0.15) is 0 Å². The Morgan fingerprint density at radius 3 is 1.34 bits per heavy atom. The Balaban J connectivity index is 3.61. The maximum Gasteiger partial charge on any atom is 0.491 e. The van der Waals surface area contributed by atoms with E-state index in [1.165, 1.54) is 96.3 Å². The van der Waals surface area contributed by atoms with Crippen molar-refractivity contribution in [2.75, 3.05) is 19.8 Å². The maximum atomic E-state index is 12.7. The zero-order valence-corrected chi connectivity index (χ0v) is 22.7. The van der Waals surface area contributed by atoms with Gasteiger partial charge >= 0.3 is 7.82 Å². The summed E-state index contributed by atoms with van der Waals surface area (Å²) in [6.45, 7) is 8.03. The van der Waals surface area contributed by atoms with Crippen LogP contribution in [0.1, 0.15) is 149 Å². The SMILES string of the molecule is CCCCCCCCCCCCCCCCNOP(=O)(OCCCC)OCCCCCC. The van der Waals surface area contributed by atoms with Crippen LogP contribution < -0.4 is 5.48 Å². The molecule has 0 heterocycles. The molecule has 0 aliphatic heterocycles. The fraction of sp³-hybridized carbons (Fsp3) is 1.00. The molecule has 0 aliphatic carbocycles. The van der Waals surface area contributed by atoms with Crippen molar-refractivity contribution in [1.82, 2.24) is 5.48 Å². The van der Waals surface area contributed by atoms with Crippen LogP contribution in [0.2, 0.25) is 0 Å². The van der Waals surface area contributed by atoms with E-state index in [0.29, 0.717) is 19.8 Å². The summed E-state index contributed by atoms with van der Waals surface area (Å²) in [5, 5.41) is 0. The minimum absolute atomic E-state index is 0.406. The summed E-state index contributed by atoms with van der Waals surface area (Å²) in [4.78, 5) is 0. The van der Waals surface area contributed by atoms with Gasteiger partial charge in [-0.2, -0.15) is 10.1 Å². The fourth-order valence-corrected chi connectivity index (χ4v) is 4.77. The topological polar surface area (TPSA) is 56.8 Å². The first-order valence-corrected chi connectivity index (χ1v) is 15.4. The average molecular weight is 478 g/mol. The molecule has 0 fully saturated rings. The molecule has 0 aromatic heterocycles. The minimum atomic E-state index is -3.50. The lowest BCUT2D eigenvalue weighted by Gasteiger charge is -2.18. The Kier molecular flexibility index (Phi) is 25.7. The number of hydrogen-bond donors (Lipinski definition) is 1. The molecule has 0 bridgehead atoms. The number of phosphoric ester groups is 1. The Labute approximate surface area is 200 Å². The van der Waals surface area contributed by atoms with Crippen LogP contribution in [0.5, 0.6) is 0 Å². The second-order valence-electron chi connectivity index (χ2n) is 9.11. The molecule has 32 heavy (non-hydrogen) atoms. The van der Waals surface area contributed by atoms with Gasteiger partial charge in [0.2, 0.25) is 0 Å². The van der Waals surface area contributed by atoms with Crippen LogP contribution in [0.25, 0.3) is 0 Å². The van der Waals surface area contributed by atoms with E-state index in [-0.39, 0.29) is 0 Å². The highest BCUT2D eigenvalue weighted by Gasteiger charge is 2.26. The number of hydrogen-bond acceptors (Lipinski definition) is 5. The predicted molar refractivity (Wildman–Crippen MR) is 138 cm³/mol. The summed E-state index contributed by atoms with van der Waals surface area (Å²) >= 11 is 0. The molecule has 6 heteroatoms. The van der Waals surface area contributed by atoms with Crippen molar-refractivity contribution in [1.29, 1.82) is 0 Å². The van der Waals surface area contributed by atoms with E-state index >= 15 is 0 Å². The molecule has 0 aromatic rings. The van der Waals surface area contributed by atoms with Gasteiger partial charge in [0.15, 0.2) is 0 Å². The fourth-order valence-electron chi connectivity index (χ4n) is 3.63. The quantitative estimate of drug-likeness (QED) is 0.0725. The van der Waals surface area contributed by atoms with Crippen molar-refractivity contribution in [3.05, 3.63) is 0 Å². The highest BCUT2D eigenvalue weighted by atomic mass is 31.2. The molecule has 0 aromatic carbocycles. The average Bonchev–Trinajstić information content (AvgIpc) is 2.79. The molecule has 0 radical (unpaired) electrons. The van der Waals surface area contributed by atoms with Crippen molar-refractivity contribution < 1.29 is 18.2 Å². The zero-order chi connectivity index (χ0) is 23.6. The molecule has 0 rings (SSSR count). The monoisotopic (exact) mass is 477 g/mol.